The Kier molecular flexibility index (Phi) is 5.53. The average Bonchev–Trinajstić information content (AvgIpc) is 3.21. The van der Waals surface area contributed by atoms with Crippen LogP contribution in [0.5, 0.6) is 0 Å². The van der Waals surface area contributed by atoms with Gasteiger partial charge in [0.05, 0.1) is 6.61 Å². The second-order valence-corrected chi connectivity index (χ2v) is 6.37. The van der Waals surface area contributed by atoms with Gasteiger partial charge in [-0.1, -0.05) is 25.1 Å². The van der Waals surface area contributed by atoms with Crippen LogP contribution in [0.25, 0.3) is 10.9 Å². The maximum atomic E-state index is 12.8. The summed E-state index contributed by atoms with van der Waals surface area (Å²) in [6, 6.07) is 10.6. The number of ether oxygens (including phenoxy) is 1. The number of para-hydroxylation sites is 1. The predicted molar refractivity (Wildman–Crippen MR) is 96.4 cm³/mol. The molecule has 1 aromatic carbocycles. The maximum absolute atomic E-state index is 12.8. The lowest BCUT2D eigenvalue weighted by Crippen LogP contribution is -2.40. The Bertz CT molecular complexity index is 695. The van der Waals surface area contributed by atoms with Crippen molar-refractivity contribution in [3.05, 3.63) is 36.0 Å². The Morgan fingerprint density at radius 2 is 2.21 bits per heavy atom. The Morgan fingerprint density at radius 3 is 3.00 bits per heavy atom. The van der Waals surface area contributed by atoms with Crippen molar-refractivity contribution in [3.63, 3.8) is 0 Å². The van der Waals surface area contributed by atoms with Gasteiger partial charge < -0.3 is 14.6 Å². The topological polar surface area (TPSA) is 46.5 Å². The van der Waals surface area contributed by atoms with E-state index in [-0.39, 0.29) is 5.91 Å². The summed E-state index contributed by atoms with van der Waals surface area (Å²) in [6.45, 7) is 6.36. The molecule has 1 fully saturated rings. The fraction of sp³-hybridized carbons (Fsp3) is 0.526. The van der Waals surface area contributed by atoms with Crippen molar-refractivity contribution in [2.75, 3.05) is 33.4 Å². The van der Waals surface area contributed by atoms with Crippen molar-refractivity contribution in [1.82, 2.24) is 14.8 Å². The summed E-state index contributed by atoms with van der Waals surface area (Å²) in [4.78, 5) is 15.2. The lowest BCUT2D eigenvalue weighted by molar-refractivity contribution is 0.0930. The van der Waals surface area contributed by atoms with Crippen LogP contribution in [0.2, 0.25) is 0 Å². The largest absolute Gasteiger partial charge is 0.383 e. The zero-order valence-corrected chi connectivity index (χ0v) is 14.6. The number of amides is 1. The minimum absolute atomic E-state index is 0.00487. The quantitative estimate of drug-likeness (QED) is 0.849. The number of fused-ring (bicyclic) bond motifs is 1. The molecule has 5 heteroatoms. The molecule has 130 valence electrons. The van der Waals surface area contributed by atoms with Gasteiger partial charge in [-0.3, -0.25) is 9.69 Å². The van der Waals surface area contributed by atoms with Crippen molar-refractivity contribution in [3.8, 4) is 0 Å². The van der Waals surface area contributed by atoms with Crippen LogP contribution in [0.15, 0.2) is 30.3 Å². The Morgan fingerprint density at radius 1 is 1.38 bits per heavy atom. The summed E-state index contributed by atoms with van der Waals surface area (Å²) in [5.41, 5.74) is 1.80. The van der Waals surface area contributed by atoms with E-state index in [1.54, 1.807) is 7.11 Å². The minimum atomic E-state index is 0.00487. The molecule has 1 N–H and O–H groups in total. The molecule has 2 aromatic rings. The number of carbonyl (C=O) groups is 1. The van der Waals surface area contributed by atoms with Gasteiger partial charge in [-0.15, -0.1) is 0 Å². The van der Waals surface area contributed by atoms with Gasteiger partial charge in [0.25, 0.3) is 5.91 Å². The highest BCUT2D eigenvalue weighted by atomic mass is 16.5. The number of methoxy groups -OCH3 is 1. The molecule has 24 heavy (non-hydrogen) atoms. The molecule has 1 aromatic heterocycles. The maximum Gasteiger partial charge on any atom is 0.267 e. The smallest absolute Gasteiger partial charge is 0.267 e. The van der Waals surface area contributed by atoms with Crippen LogP contribution >= 0.6 is 0 Å². The van der Waals surface area contributed by atoms with Crippen molar-refractivity contribution < 1.29 is 9.53 Å². The molecule has 3 rings (SSSR count). The Balaban J connectivity index is 1.76. The van der Waals surface area contributed by atoms with Crippen LogP contribution in [-0.4, -0.2) is 54.8 Å². The number of nitrogens with zero attached hydrogens (tertiary/aromatic N) is 2. The molecule has 2 heterocycles. The van der Waals surface area contributed by atoms with Gasteiger partial charge in [-0.25, -0.2) is 0 Å². The van der Waals surface area contributed by atoms with Crippen LogP contribution < -0.4 is 5.32 Å². The highest BCUT2D eigenvalue weighted by Crippen LogP contribution is 2.20. The van der Waals surface area contributed by atoms with E-state index >= 15 is 0 Å². The van der Waals surface area contributed by atoms with E-state index in [4.69, 9.17) is 4.74 Å². The number of hydrogen-bond acceptors (Lipinski definition) is 3. The molecule has 0 saturated carbocycles. The molecule has 1 saturated heterocycles. The number of likely N-dealkylation sites (tertiary alicyclic amines) is 1. The van der Waals surface area contributed by atoms with Gasteiger partial charge in [-0.2, -0.15) is 0 Å². The molecule has 1 aliphatic heterocycles. The molecule has 1 amide bonds. The Labute approximate surface area is 143 Å². The summed E-state index contributed by atoms with van der Waals surface area (Å²) in [6.07, 6.45) is 2.39. The third-order valence-electron chi connectivity index (χ3n) is 4.97. The first-order valence-electron chi connectivity index (χ1n) is 8.84. The van der Waals surface area contributed by atoms with E-state index in [1.165, 1.54) is 12.8 Å². The second-order valence-electron chi connectivity index (χ2n) is 6.37. The molecular formula is C19H27N3O2. The van der Waals surface area contributed by atoms with Crippen molar-refractivity contribution in [2.45, 2.75) is 32.4 Å². The van der Waals surface area contributed by atoms with Gasteiger partial charge in [-0.05, 0) is 38.1 Å². The minimum Gasteiger partial charge on any atom is -0.383 e. The first kappa shape index (κ1) is 17.0. The van der Waals surface area contributed by atoms with Crippen LogP contribution in [0, 0.1) is 0 Å². The summed E-state index contributed by atoms with van der Waals surface area (Å²) >= 11 is 0. The van der Waals surface area contributed by atoms with Crippen molar-refractivity contribution in [2.24, 2.45) is 0 Å². The molecule has 0 spiro atoms. The monoisotopic (exact) mass is 329 g/mol. The summed E-state index contributed by atoms with van der Waals surface area (Å²) < 4.78 is 7.27. The van der Waals surface area contributed by atoms with Crippen LogP contribution in [0.1, 0.15) is 30.3 Å². The van der Waals surface area contributed by atoms with Crippen LogP contribution in [0.3, 0.4) is 0 Å². The average molecular weight is 329 g/mol. The van der Waals surface area contributed by atoms with Gasteiger partial charge in [0.1, 0.15) is 5.69 Å². The first-order chi connectivity index (χ1) is 11.7. The molecule has 1 aliphatic rings. The van der Waals surface area contributed by atoms with E-state index in [9.17, 15) is 4.79 Å². The first-order valence-corrected chi connectivity index (χ1v) is 8.84. The zero-order chi connectivity index (χ0) is 16.9. The van der Waals surface area contributed by atoms with Gasteiger partial charge >= 0.3 is 0 Å². The summed E-state index contributed by atoms with van der Waals surface area (Å²) in [5, 5.41) is 4.23. The third kappa shape index (κ3) is 3.47. The van der Waals surface area contributed by atoms with E-state index in [0.717, 1.165) is 30.5 Å². The standard InChI is InChI=1S/C19H27N3O2/c1-3-21-10-6-8-16(21)14-20-19(23)18-13-15-7-4-5-9-17(15)22(18)11-12-24-2/h4-5,7,9,13,16H,3,6,8,10-12,14H2,1-2H3,(H,20,23). The fourth-order valence-corrected chi connectivity index (χ4v) is 3.67. The number of nitrogens with one attached hydrogen (secondary N) is 1. The number of benzene rings is 1. The molecule has 5 nitrogen and oxygen atoms in total. The van der Waals surface area contributed by atoms with E-state index in [0.29, 0.717) is 24.9 Å². The number of carbonyl (C=O) groups excluding carboxylic acids is 1. The lowest BCUT2D eigenvalue weighted by atomic mass is 10.2. The lowest BCUT2D eigenvalue weighted by Gasteiger charge is -2.23. The SMILES string of the molecule is CCN1CCCC1CNC(=O)c1cc2ccccc2n1CCOC. The number of aromatic nitrogens is 1. The second kappa shape index (κ2) is 7.81. The number of likely N-dealkylation sites (N-methyl/N-ethyl adjacent to an activating group) is 1. The van der Waals surface area contributed by atoms with E-state index in [1.807, 2.05) is 24.3 Å². The molecule has 1 unspecified atom stereocenters. The molecule has 0 bridgehead atoms. The predicted octanol–water partition coefficient (Wildman–Crippen LogP) is 2.50. The fourth-order valence-electron chi connectivity index (χ4n) is 3.67. The summed E-state index contributed by atoms with van der Waals surface area (Å²) in [7, 11) is 1.69. The normalized spacial score (nSPS) is 18.3. The highest BCUT2D eigenvalue weighted by molar-refractivity contribution is 5.98. The van der Waals surface area contributed by atoms with Crippen molar-refractivity contribution >= 4 is 16.8 Å². The number of hydrogen-bond donors (Lipinski definition) is 1. The van der Waals surface area contributed by atoms with E-state index in [2.05, 4.69) is 27.8 Å². The van der Waals surface area contributed by atoms with Crippen molar-refractivity contribution in [1.29, 1.82) is 0 Å². The van der Waals surface area contributed by atoms with Gasteiger partial charge in [0, 0.05) is 37.1 Å². The molecule has 0 radical (unpaired) electrons. The summed E-state index contributed by atoms with van der Waals surface area (Å²) in [5.74, 6) is 0.00487. The van der Waals surface area contributed by atoms with Crippen LogP contribution in [-0.2, 0) is 11.3 Å². The van der Waals surface area contributed by atoms with Gasteiger partial charge in [0.15, 0.2) is 0 Å². The third-order valence-corrected chi connectivity index (χ3v) is 4.97. The zero-order valence-electron chi connectivity index (χ0n) is 14.6. The van der Waals surface area contributed by atoms with Crippen LogP contribution in [0.4, 0.5) is 0 Å². The van der Waals surface area contributed by atoms with Gasteiger partial charge in [0.2, 0.25) is 0 Å². The molecule has 0 aliphatic carbocycles. The molecule has 1 atom stereocenters. The number of rotatable bonds is 7. The highest BCUT2D eigenvalue weighted by Gasteiger charge is 2.24. The van der Waals surface area contributed by atoms with E-state index < -0.39 is 0 Å². The molecular weight excluding hydrogens is 302 g/mol. The Hall–Kier alpha value is -1.85.